The fraction of sp³-hybridized carbons (Fsp3) is 0.0938. The van der Waals surface area contributed by atoms with Gasteiger partial charge in [0.2, 0.25) is 0 Å². The molecule has 11 heteroatoms. The Labute approximate surface area is 268 Å². The van der Waals surface area contributed by atoms with E-state index < -0.39 is 0 Å². The van der Waals surface area contributed by atoms with Gasteiger partial charge in [0.25, 0.3) is 5.91 Å². The van der Waals surface area contributed by atoms with Crippen LogP contribution in [0.15, 0.2) is 89.3 Å². The molecule has 5 rings (SSSR count). The SMILES string of the molecule is COc1cc(/C=N\NC(=O)c2ccc(-c3csc(Nc4ccc(C)cc4)n3)cc2)cc(Cl)c1OCc1ccc(Cl)c(Cl)c1. The van der Waals surface area contributed by atoms with Gasteiger partial charge in [-0.2, -0.15) is 5.10 Å². The van der Waals surface area contributed by atoms with Gasteiger partial charge >= 0.3 is 0 Å². The van der Waals surface area contributed by atoms with Crippen LogP contribution in [0.4, 0.5) is 10.8 Å². The minimum Gasteiger partial charge on any atom is -0.493 e. The van der Waals surface area contributed by atoms with Crippen molar-refractivity contribution in [3.8, 4) is 22.8 Å². The normalized spacial score (nSPS) is 11.0. The zero-order valence-corrected chi connectivity index (χ0v) is 26.1. The monoisotopic (exact) mass is 650 g/mol. The molecule has 1 heterocycles. The number of carbonyl (C=O) groups excluding carboxylic acids is 1. The molecule has 0 saturated carbocycles. The van der Waals surface area contributed by atoms with Crippen molar-refractivity contribution in [2.45, 2.75) is 13.5 Å². The van der Waals surface area contributed by atoms with E-state index in [0.29, 0.717) is 37.7 Å². The highest BCUT2D eigenvalue weighted by molar-refractivity contribution is 7.14. The number of aromatic nitrogens is 1. The highest BCUT2D eigenvalue weighted by Gasteiger charge is 2.13. The van der Waals surface area contributed by atoms with Gasteiger partial charge in [-0.15, -0.1) is 11.3 Å². The Hall–Kier alpha value is -4.08. The molecule has 1 amide bonds. The van der Waals surface area contributed by atoms with Crippen molar-refractivity contribution < 1.29 is 14.3 Å². The van der Waals surface area contributed by atoms with Gasteiger partial charge in [0, 0.05) is 22.2 Å². The summed E-state index contributed by atoms with van der Waals surface area (Å²) >= 11 is 20.1. The molecule has 1 aromatic heterocycles. The van der Waals surface area contributed by atoms with E-state index in [-0.39, 0.29) is 12.5 Å². The Morgan fingerprint density at radius 3 is 2.44 bits per heavy atom. The minimum absolute atomic E-state index is 0.212. The fourth-order valence-corrected chi connectivity index (χ4v) is 5.32. The molecule has 2 N–H and O–H groups in total. The summed E-state index contributed by atoms with van der Waals surface area (Å²) in [5.74, 6) is 0.423. The summed E-state index contributed by atoms with van der Waals surface area (Å²) in [4.78, 5) is 17.3. The number of hydrazone groups is 1. The number of halogens is 3. The summed E-state index contributed by atoms with van der Waals surface area (Å²) in [6.45, 7) is 2.26. The number of aryl methyl sites for hydroxylation is 1. The minimum atomic E-state index is -0.359. The lowest BCUT2D eigenvalue weighted by atomic mass is 10.1. The Morgan fingerprint density at radius 2 is 1.72 bits per heavy atom. The predicted molar refractivity (Wildman–Crippen MR) is 176 cm³/mol. The first-order valence-corrected chi connectivity index (χ1v) is 15.0. The molecule has 0 atom stereocenters. The third-order valence-corrected chi connectivity index (χ3v) is 8.03. The van der Waals surface area contributed by atoms with Crippen molar-refractivity contribution in [3.63, 3.8) is 0 Å². The Bertz CT molecular complexity index is 1770. The van der Waals surface area contributed by atoms with E-state index in [0.717, 1.165) is 27.6 Å². The number of nitrogens with one attached hydrogen (secondary N) is 2. The van der Waals surface area contributed by atoms with Gasteiger partial charge in [0.15, 0.2) is 16.6 Å². The maximum Gasteiger partial charge on any atom is 0.271 e. The summed E-state index contributed by atoms with van der Waals surface area (Å²) in [6.07, 6.45) is 1.47. The largest absolute Gasteiger partial charge is 0.493 e. The molecule has 218 valence electrons. The van der Waals surface area contributed by atoms with Gasteiger partial charge in [0.05, 0.1) is 34.1 Å². The van der Waals surface area contributed by atoms with Crippen molar-refractivity contribution >= 4 is 69.1 Å². The summed E-state index contributed by atoms with van der Waals surface area (Å²) < 4.78 is 11.4. The Balaban J connectivity index is 1.18. The van der Waals surface area contributed by atoms with Gasteiger partial charge in [-0.3, -0.25) is 4.79 Å². The third-order valence-electron chi connectivity index (χ3n) is 6.25. The highest BCUT2D eigenvalue weighted by Crippen LogP contribution is 2.37. The molecule has 0 saturated heterocycles. The van der Waals surface area contributed by atoms with Crippen LogP contribution in [0.25, 0.3) is 11.3 Å². The molecule has 0 fully saturated rings. The van der Waals surface area contributed by atoms with Crippen LogP contribution in [0.5, 0.6) is 11.5 Å². The van der Waals surface area contributed by atoms with E-state index in [1.165, 1.54) is 30.2 Å². The molecule has 0 bridgehead atoms. The number of thiazole rings is 1. The molecule has 0 spiro atoms. The molecule has 43 heavy (non-hydrogen) atoms. The van der Waals surface area contributed by atoms with Crippen molar-refractivity contribution in [1.82, 2.24) is 10.4 Å². The molecule has 0 aliphatic heterocycles. The number of hydrogen-bond acceptors (Lipinski definition) is 7. The molecule has 0 unspecified atom stereocenters. The van der Waals surface area contributed by atoms with E-state index in [9.17, 15) is 4.79 Å². The number of anilines is 2. The lowest BCUT2D eigenvalue weighted by Gasteiger charge is -2.13. The molecule has 0 radical (unpaired) electrons. The lowest BCUT2D eigenvalue weighted by Crippen LogP contribution is -2.17. The van der Waals surface area contributed by atoms with E-state index in [4.69, 9.17) is 44.3 Å². The van der Waals surface area contributed by atoms with Crippen LogP contribution in [0.1, 0.15) is 27.0 Å². The third kappa shape index (κ3) is 7.86. The second-order valence-corrected chi connectivity index (χ2v) is 11.5. The second-order valence-electron chi connectivity index (χ2n) is 9.38. The average molecular weight is 652 g/mol. The Morgan fingerprint density at radius 1 is 0.953 bits per heavy atom. The van der Waals surface area contributed by atoms with Gasteiger partial charge in [-0.25, -0.2) is 10.4 Å². The van der Waals surface area contributed by atoms with Crippen molar-refractivity contribution in [1.29, 1.82) is 0 Å². The maximum absolute atomic E-state index is 12.7. The molecule has 0 aliphatic rings. The smallest absolute Gasteiger partial charge is 0.271 e. The highest BCUT2D eigenvalue weighted by atomic mass is 35.5. The predicted octanol–water partition coefficient (Wildman–Crippen LogP) is 9.17. The van der Waals surface area contributed by atoms with E-state index in [2.05, 4.69) is 20.8 Å². The number of benzene rings is 4. The van der Waals surface area contributed by atoms with Crippen LogP contribution >= 0.6 is 46.1 Å². The topological polar surface area (TPSA) is 84.8 Å². The summed E-state index contributed by atoms with van der Waals surface area (Å²) in [6, 6.07) is 23.9. The first kappa shape index (κ1) is 30.4. The van der Waals surface area contributed by atoms with Gasteiger partial charge in [0.1, 0.15) is 6.61 Å². The number of amides is 1. The van der Waals surface area contributed by atoms with Gasteiger partial charge in [-0.05, 0) is 66.6 Å². The number of nitrogens with zero attached hydrogens (tertiary/aromatic N) is 2. The maximum atomic E-state index is 12.7. The zero-order valence-electron chi connectivity index (χ0n) is 23.0. The standard InChI is InChI=1S/C32H25Cl3N4O3S/c1-19-3-10-24(11-4-19)37-32-38-28(18-43-32)22-6-8-23(9-7-22)31(40)39-36-16-21-14-27(35)30(29(15-21)41-2)42-17-20-5-12-25(33)26(34)13-20/h3-16,18H,17H2,1-2H3,(H,37,38)(H,39,40)/b36-16-. The first-order chi connectivity index (χ1) is 20.8. The first-order valence-electron chi connectivity index (χ1n) is 13.0. The molecule has 5 aromatic rings. The van der Waals surface area contributed by atoms with Crippen LogP contribution in [0, 0.1) is 6.92 Å². The van der Waals surface area contributed by atoms with Crippen LogP contribution in [0.2, 0.25) is 15.1 Å². The van der Waals surface area contributed by atoms with E-state index >= 15 is 0 Å². The van der Waals surface area contributed by atoms with Gasteiger partial charge < -0.3 is 14.8 Å². The van der Waals surface area contributed by atoms with Crippen molar-refractivity contribution in [3.05, 3.63) is 122 Å². The van der Waals surface area contributed by atoms with E-state index in [1.807, 2.05) is 54.8 Å². The number of rotatable bonds is 10. The molecule has 0 aliphatic carbocycles. The van der Waals surface area contributed by atoms with Crippen molar-refractivity contribution in [2.24, 2.45) is 5.10 Å². The number of ether oxygens (including phenoxy) is 2. The van der Waals surface area contributed by atoms with Gasteiger partial charge in [-0.1, -0.05) is 70.7 Å². The number of methoxy groups -OCH3 is 1. The quantitative estimate of drug-likeness (QED) is 0.116. The zero-order chi connectivity index (χ0) is 30.3. The second kappa shape index (κ2) is 13.9. The average Bonchev–Trinajstić information content (AvgIpc) is 3.47. The van der Waals surface area contributed by atoms with Crippen molar-refractivity contribution in [2.75, 3.05) is 12.4 Å². The van der Waals surface area contributed by atoms with E-state index in [1.54, 1.807) is 36.4 Å². The molecular formula is C32H25Cl3N4O3S. The summed E-state index contributed by atoms with van der Waals surface area (Å²) in [7, 11) is 1.51. The van der Waals surface area contributed by atoms with Crippen LogP contribution in [-0.2, 0) is 6.61 Å². The van der Waals surface area contributed by atoms with Crippen LogP contribution in [0.3, 0.4) is 0 Å². The van der Waals surface area contributed by atoms with Crippen LogP contribution < -0.4 is 20.2 Å². The lowest BCUT2D eigenvalue weighted by molar-refractivity contribution is 0.0955. The summed E-state index contributed by atoms with van der Waals surface area (Å²) in [5.41, 5.74) is 8.31. The molecule has 7 nitrogen and oxygen atoms in total. The summed E-state index contributed by atoms with van der Waals surface area (Å²) in [5, 5.41) is 11.4. The van der Waals surface area contributed by atoms with Crippen LogP contribution in [-0.4, -0.2) is 24.2 Å². The number of hydrogen-bond donors (Lipinski definition) is 2. The molecular weight excluding hydrogens is 627 g/mol. The Kier molecular flexibility index (Phi) is 9.84. The fourth-order valence-electron chi connectivity index (χ4n) is 3.99. The molecule has 4 aromatic carbocycles. The number of carbonyl (C=O) groups is 1.